The second-order valence-corrected chi connectivity index (χ2v) is 9.17. The number of nitrogens with two attached hydrogens (primary N) is 1. The maximum atomic E-state index is 13.1. The summed E-state index contributed by atoms with van der Waals surface area (Å²) < 4.78 is 40.9. The molecule has 1 saturated carbocycles. The Bertz CT molecular complexity index is 1090. The molecule has 0 bridgehead atoms. The van der Waals surface area contributed by atoms with Gasteiger partial charge in [0.05, 0.1) is 18.0 Å². The summed E-state index contributed by atoms with van der Waals surface area (Å²) in [5.41, 5.74) is 2.71. The number of carbonyl (C=O) groups excluding carboxylic acids is 1. The predicted molar refractivity (Wildman–Crippen MR) is 118 cm³/mol. The number of carbonyl (C=O) groups is 1. The van der Waals surface area contributed by atoms with Gasteiger partial charge in [-0.3, -0.25) is 9.48 Å². The molecule has 8 nitrogen and oxygen atoms in total. The van der Waals surface area contributed by atoms with Gasteiger partial charge in [-0.2, -0.15) is 23.5 Å². The Morgan fingerprint density at radius 2 is 1.94 bits per heavy atom. The van der Waals surface area contributed by atoms with Crippen molar-refractivity contribution in [2.45, 2.75) is 56.5 Å². The number of aromatic nitrogens is 2. The molecule has 2 aromatic rings. The number of alkyl halides is 3. The van der Waals surface area contributed by atoms with Gasteiger partial charge < -0.3 is 21.1 Å². The van der Waals surface area contributed by atoms with Crippen molar-refractivity contribution in [1.29, 1.82) is 5.26 Å². The van der Waals surface area contributed by atoms with Crippen LogP contribution in [0, 0.1) is 17.2 Å². The number of halogens is 3. The fraction of sp³-hybridized carbons (Fsp3) is 0.522. The summed E-state index contributed by atoms with van der Waals surface area (Å²) >= 11 is 0. The van der Waals surface area contributed by atoms with Crippen LogP contribution in [0.1, 0.15) is 54.6 Å². The summed E-state index contributed by atoms with van der Waals surface area (Å²) in [6, 6.07) is 7.58. The molecule has 1 aliphatic carbocycles. The Hall–Kier alpha value is -3.10. The van der Waals surface area contributed by atoms with Gasteiger partial charge in [-0.1, -0.05) is 12.1 Å². The number of anilines is 2. The molecule has 0 radical (unpaired) electrons. The molecule has 182 valence electrons. The van der Waals surface area contributed by atoms with Crippen LogP contribution in [0.2, 0.25) is 0 Å². The highest BCUT2D eigenvalue weighted by Gasteiger charge is 2.51. The fourth-order valence-corrected chi connectivity index (χ4v) is 4.64. The van der Waals surface area contributed by atoms with Crippen LogP contribution < -0.4 is 11.1 Å². The number of nitrogens with one attached hydrogen (secondary N) is 1. The number of nitrogens with zero attached hydrogens (tertiary/aromatic N) is 4. The second kappa shape index (κ2) is 8.92. The number of likely N-dealkylation sites (tertiary alicyclic amines) is 1. The minimum Gasteiger partial charge on any atom is -0.376 e. The van der Waals surface area contributed by atoms with Crippen LogP contribution in [-0.4, -0.2) is 51.0 Å². The van der Waals surface area contributed by atoms with E-state index in [0.29, 0.717) is 18.7 Å². The molecule has 2 aliphatic rings. The van der Waals surface area contributed by atoms with Crippen LogP contribution in [0.3, 0.4) is 0 Å². The van der Waals surface area contributed by atoms with Crippen molar-refractivity contribution in [3.63, 3.8) is 0 Å². The highest BCUT2D eigenvalue weighted by Crippen LogP contribution is 2.40. The average molecular weight is 477 g/mol. The SMILES string of the molecule is C[C@](O)(c1ccc(Nc2nn([C@H]3CC[C@@H](N4CCC4)C[C@@H]3C#N)cc2C(N)=O)cc1)C(F)(F)F. The zero-order valence-electron chi connectivity index (χ0n) is 18.7. The Balaban J connectivity index is 1.54. The number of aliphatic hydroxyl groups is 1. The van der Waals surface area contributed by atoms with E-state index >= 15 is 0 Å². The monoisotopic (exact) mass is 476 g/mol. The fourth-order valence-electron chi connectivity index (χ4n) is 4.64. The molecule has 1 amide bonds. The molecule has 1 aromatic heterocycles. The van der Waals surface area contributed by atoms with E-state index in [-0.39, 0.29) is 28.9 Å². The molecule has 0 spiro atoms. The number of amides is 1. The number of benzene rings is 1. The van der Waals surface area contributed by atoms with Gasteiger partial charge in [0.25, 0.3) is 5.91 Å². The van der Waals surface area contributed by atoms with E-state index < -0.39 is 17.7 Å². The van der Waals surface area contributed by atoms with Crippen molar-refractivity contribution in [2.24, 2.45) is 11.7 Å². The largest absolute Gasteiger partial charge is 0.421 e. The summed E-state index contributed by atoms with van der Waals surface area (Å²) in [6.07, 6.45) is 0.272. The minimum atomic E-state index is -4.83. The lowest BCUT2D eigenvalue weighted by molar-refractivity contribution is -0.258. The van der Waals surface area contributed by atoms with Gasteiger partial charge in [0, 0.05) is 17.9 Å². The third kappa shape index (κ3) is 4.48. The van der Waals surface area contributed by atoms with Gasteiger partial charge in [-0.25, -0.2) is 0 Å². The predicted octanol–water partition coefficient (Wildman–Crippen LogP) is 3.43. The van der Waals surface area contributed by atoms with Crippen LogP contribution in [0.5, 0.6) is 0 Å². The molecule has 1 saturated heterocycles. The van der Waals surface area contributed by atoms with Crippen molar-refractivity contribution < 1.29 is 23.1 Å². The second-order valence-electron chi connectivity index (χ2n) is 9.17. The van der Waals surface area contributed by atoms with E-state index in [0.717, 1.165) is 44.5 Å². The third-order valence-electron chi connectivity index (χ3n) is 6.96. The first-order valence-electron chi connectivity index (χ1n) is 11.2. The zero-order chi connectivity index (χ0) is 24.7. The topological polar surface area (TPSA) is 120 Å². The number of rotatable bonds is 6. The van der Waals surface area contributed by atoms with Crippen LogP contribution >= 0.6 is 0 Å². The molecule has 4 N–H and O–H groups in total. The van der Waals surface area contributed by atoms with Gasteiger partial charge in [-0.15, -0.1) is 0 Å². The van der Waals surface area contributed by atoms with Crippen LogP contribution in [0.15, 0.2) is 30.5 Å². The third-order valence-corrected chi connectivity index (χ3v) is 6.96. The highest BCUT2D eigenvalue weighted by molar-refractivity contribution is 5.98. The highest BCUT2D eigenvalue weighted by atomic mass is 19.4. The number of primary amides is 1. The first-order chi connectivity index (χ1) is 16.0. The quantitative estimate of drug-likeness (QED) is 0.588. The van der Waals surface area contributed by atoms with Crippen LogP contribution in [0.25, 0.3) is 0 Å². The average Bonchev–Trinajstić information content (AvgIpc) is 3.16. The first kappa shape index (κ1) is 24.0. The first-order valence-corrected chi connectivity index (χ1v) is 11.2. The van der Waals surface area contributed by atoms with E-state index in [1.165, 1.54) is 24.8 Å². The van der Waals surface area contributed by atoms with Crippen molar-refractivity contribution in [3.05, 3.63) is 41.6 Å². The molecule has 1 aromatic carbocycles. The van der Waals surface area contributed by atoms with Gasteiger partial charge in [0.1, 0.15) is 5.56 Å². The molecule has 1 aliphatic heterocycles. The molecule has 2 fully saturated rings. The van der Waals surface area contributed by atoms with E-state index in [4.69, 9.17) is 5.73 Å². The molecule has 11 heteroatoms. The smallest absolute Gasteiger partial charge is 0.376 e. The van der Waals surface area contributed by atoms with Gasteiger partial charge in [0.2, 0.25) is 0 Å². The summed E-state index contributed by atoms with van der Waals surface area (Å²) in [5, 5.41) is 27.0. The van der Waals surface area contributed by atoms with Crippen LogP contribution in [0.4, 0.5) is 24.7 Å². The number of hydrogen-bond donors (Lipinski definition) is 3. The van der Waals surface area contributed by atoms with E-state index in [2.05, 4.69) is 21.4 Å². The number of hydrogen-bond acceptors (Lipinski definition) is 6. The Kier molecular flexibility index (Phi) is 6.31. The van der Waals surface area contributed by atoms with Gasteiger partial charge >= 0.3 is 6.18 Å². The lowest BCUT2D eigenvalue weighted by Crippen LogP contribution is -2.48. The van der Waals surface area contributed by atoms with Crippen LogP contribution in [-0.2, 0) is 5.60 Å². The van der Waals surface area contributed by atoms with Gasteiger partial charge in [-0.05, 0) is 63.4 Å². The van der Waals surface area contributed by atoms with Gasteiger partial charge in [0.15, 0.2) is 11.4 Å². The van der Waals surface area contributed by atoms with Crippen molar-refractivity contribution in [3.8, 4) is 6.07 Å². The minimum absolute atomic E-state index is 0.118. The lowest BCUT2D eigenvalue weighted by atomic mass is 9.81. The standard InChI is InChI=1S/C23H27F3N6O2/c1-22(34,23(24,25)26)15-3-5-16(6-4-15)29-21-18(20(28)33)13-32(30-21)19-8-7-17(11-14(19)12-27)31-9-2-10-31/h3-6,13-14,17,19,34H,2,7-11H2,1H3,(H2,28,33)(H,29,30)/t14-,17-,19+,22+/m1/s1. The molecular formula is C23H27F3N6O2. The van der Waals surface area contributed by atoms with Crippen molar-refractivity contribution in [2.75, 3.05) is 18.4 Å². The summed E-state index contributed by atoms with van der Waals surface area (Å²) in [5.74, 6) is -0.825. The summed E-state index contributed by atoms with van der Waals surface area (Å²) in [6.45, 7) is 2.81. The number of nitriles is 1. The lowest BCUT2D eigenvalue weighted by Gasteiger charge is -2.43. The maximum Gasteiger partial charge on any atom is 0.421 e. The molecule has 2 heterocycles. The molecule has 4 atom stereocenters. The molecule has 0 unspecified atom stereocenters. The van der Waals surface area contributed by atoms with E-state index in [1.807, 2.05) is 0 Å². The molecule has 34 heavy (non-hydrogen) atoms. The Labute approximate surface area is 195 Å². The summed E-state index contributed by atoms with van der Waals surface area (Å²) in [7, 11) is 0. The normalized spacial score (nSPS) is 25.1. The molecule has 4 rings (SSSR count). The Morgan fingerprint density at radius 3 is 2.47 bits per heavy atom. The molecular weight excluding hydrogens is 449 g/mol. The Morgan fingerprint density at radius 1 is 1.26 bits per heavy atom. The van der Waals surface area contributed by atoms with E-state index in [9.17, 15) is 28.3 Å². The zero-order valence-corrected chi connectivity index (χ0v) is 18.7. The maximum absolute atomic E-state index is 13.1. The van der Waals surface area contributed by atoms with Crippen molar-refractivity contribution in [1.82, 2.24) is 14.7 Å². The van der Waals surface area contributed by atoms with Crippen molar-refractivity contribution >= 4 is 17.4 Å². The van der Waals surface area contributed by atoms with E-state index in [1.54, 1.807) is 4.68 Å². The summed E-state index contributed by atoms with van der Waals surface area (Å²) in [4.78, 5) is 14.4.